The average Bonchev–Trinajstić information content (AvgIpc) is 2.48. The first-order chi connectivity index (χ1) is 10.2. The van der Waals surface area contributed by atoms with Crippen molar-refractivity contribution in [3.8, 4) is 5.75 Å². The van der Waals surface area contributed by atoms with Crippen LogP contribution in [0, 0.1) is 5.82 Å². The van der Waals surface area contributed by atoms with Gasteiger partial charge in [0.2, 0.25) is 0 Å². The van der Waals surface area contributed by atoms with E-state index in [-0.39, 0.29) is 25.6 Å². The van der Waals surface area contributed by atoms with E-state index in [1.54, 1.807) is 42.5 Å². The number of benzene rings is 2. The van der Waals surface area contributed by atoms with Crippen LogP contribution in [0.3, 0.4) is 0 Å². The van der Waals surface area contributed by atoms with Gasteiger partial charge in [-0.05, 0) is 18.2 Å². The number of anilines is 1. The molecule has 0 aliphatic heterocycles. The minimum Gasteiger partial charge on any atom is -0.489 e. The fourth-order valence-electron chi connectivity index (χ4n) is 1.77. The van der Waals surface area contributed by atoms with Crippen LogP contribution in [-0.4, -0.2) is 24.4 Å². The van der Waals surface area contributed by atoms with Crippen molar-refractivity contribution < 1.29 is 19.0 Å². The lowest BCUT2D eigenvalue weighted by Crippen LogP contribution is -2.23. The molecule has 0 aromatic heterocycles. The van der Waals surface area contributed by atoms with Gasteiger partial charge in [0.15, 0.2) is 0 Å². The Morgan fingerprint density at radius 1 is 1.05 bits per heavy atom. The SMILES string of the molecule is Nc1ccccc1OCC(O)COCc1ccccc1F. The van der Waals surface area contributed by atoms with E-state index in [9.17, 15) is 9.50 Å². The van der Waals surface area contributed by atoms with E-state index in [4.69, 9.17) is 15.2 Å². The Bertz CT molecular complexity index is 577. The highest BCUT2D eigenvalue weighted by molar-refractivity contribution is 5.51. The molecule has 2 aromatic rings. The van der Waals surface area contributed by atoms with E-state index in [0.717, 1.165) is 0 Å². The molecule has 1 atom stereocenters. The summed E-state index contributed by atoms with van der Waals surface area (Å²) < 4.78 is 24.0. The van der Waals surface area contributed by atoms with Crippen LogP contribution in [0.5, 0.6) is 5.75 Å². The highest BCUT2D eigenvalue weighted by Crippen LogP contribution is 2.19. The maximum absolute atomic E-state index is 13.3. The van der Waals surface area contributed by atoms with E-state index < -0.39 is 6.10 Å². The summed E-state index contributed by atoms with van der Waals surface area (Å²) in [7, 11) is 0. The van der Waals surface area contributed by atoms with Gasteiger partial charge in [0, 0.05) is 5.56 Å². The number of hydrogen-bond acceptors (Lipinski definition) is 4. The Morgan fingerprint density at radius 3 is 2.52 bits per heavy atom. The molecule has 0 saturated heterocycles. The molecule has 0 fully saturated rings. The van der Waals surface area contributed by atoms with Crippen LogP contribution in [0.2, 0.25) is 0 Å². The molecular formula is C16H18FNO3. The van der Waals surface area contributed by atoms with Gasteiger partial charge in [-0.3, -0.25) is 0 Å². The standard InChI is InChI=1S/C16H18FNO3/c17-14-6-2-1-5-12(14)9-20-10-13(19)11-21-16-8-4-3-7-15(16)18/h1-8,13,19H,9-11,18H2. The summed E-state index contributed by atoms with van der Waals surface area (Å²) in [5, 5.41) is 9.76. The molecule has 0 radical (unpaired) electrons. The third-order valence-electron chi connectivity index (χ3n) is 2.88. The molecule has 4 nitrogen and oxygen atoms in total. The molecular weight excluding hydrogens is 273 g/mol. The molecule has 3 N–H and O–H groups in total. The fraction of sp³-hybridized carbons (Fsp3) is 0.250. The smallest absolute Gasteiger partial charge is 0.142 e. The first kappa shape index (κ1) is 15.3. The third kappa shape index (κ3) is 4.73. The first-order valence-corrected chi connectivity index (χ1v) is 6.63. The Hall–Kier alpha value is -2.11. The van der Waals surface area contributed by atoms with E-state index in [1.807, 2.05) is 0 Å². The molecule has 21 heavy (non-hydrogen) atoms. The van der Waals surface area contributed by atoms with E-state index in [1.165, 1.54) is 6.07 Å². The second kappa shape index (κ2) is 7.61. The Kier molecular flexibility index (Phi) is 5.54. The number of rotatable bonds is 7. The number of aliphatic hydroxyl groups is 1. The van der Waals surface area contributed by atoms with Crippen LogP contribution >= 0.6 is 0 Å². The quantitative estimate of drug-likeness (QED) is 0.769. The molecule has 0 heterocycles. The number of hydrogen-bond donors (Lipinski definition) is 2. The molecule has 0 amide bonds. The van der Waals surface area contributed by atoms with Gasteiger partial charge in [-0.25, -0.2) is 4.39 Å². The number of para-hydroxylation sites is 2. The zero-order chi connectivity index (χ0) is 15.1. The van der Waals surface area contributed by atoms with Crippen molar-refractivity contribution in [1.29, 1.82) is 0 Å². The molecule has 0 aliphatic rings. The van der Waals surface area contributed by atoms with Crippen molar-refractivity contribution >= 4 is 5.69 Å². The summed E-state index contributed by atoms with van der Waals surface area (Å²) in [4.78, 5) is 0. The Balaban J connectivity index is 1.72. The van der Waals surface area contributed by atoms with E-state index in [0.29, 0.717) is 17.0 Å². The predicted octanol–water partition coefficient (Wildman–Crippen LogP) is 2.36. The largest absolute Gasteiger partial charge is 0.489 e. The number of aliphatic hydroxyl groups excluding tert-OH is 1. The minimum absolute atomic E-state index is 0.0566. The predicted molar refractivity (Wildman–Crippen MR) is 78.4 cm³/mol. The van der Waals surface area contributed by atoms with Gasteiger partial charge in [-0.1, -0.05) is 30.3 Å². The van der Waals surface area contributed by atoms with E-state index in [2.05, 4.69) is 0 Å². The summed E-state index contributed by atoms with van der Waals surface area (Å²) in [6.07, 6.45) is -0.809. The molecule has 2 rings (SSSR count). The van der Waals surface area contributed by atoms with Gasteiger partial charge in [-0.2, -0.15) is 0 Å². The topological polar surface area (TPSA) is 64.7 Å². The number of nitrogens with two attached hydrogens (primary N) is 1. The second-order valence-corrected chi connectivity index (χ2v) is 4.61. The van der Waals surface area contributed by atoms with Gasteiger partial charge < -0.3 is 20.3 Å². The van der Waals surface area contributed by atoms with Gasteiger partial charge in [-0.15, -0.1) is 0 Å². The summed E-state index contributed by atoms with van der Waals surface area (Å²) in [5.41, 5.74) is 6.69. The lowest BCUT2D eigenvalue weighted by Gasteiger charge is -2.14. The minimum atomic E-state index is -0.809. The Labute approximate surface area is 122 Å². The lowest BCUT2D eigenvalue weighted by molar-refractivity contribution is 0.00490. The maximum atomic E-state index is 13.3. The highest BCUT2D eigenvalue weighted by atomic mass is 19.1. The summed E-state index contributed by atoms with van der Waals surface area (Å²) in [6, 6.07) is 13.4. The van der Waals surface area contributed by atoms with Crippen molar-refractivity contribution in [3.63, 3.8) is 0 Å². The fourth-order valence-corrected chi connectivity index (χ4v) is 1.77. The van der Waals surface area contributed by atoms with Crippen LogP contribution in [0.1, 0.15) is 5.56 Å². The van der Waals surface area contributed by atoms with Crippen LogP contribution in [-0.2, 0) is 11.3 Å². The lowest BCUT2D eigenvalue weighted by atomic mass is 10.2. The molecule has 0 saturated carbocycles. The highest BCUT2D eigenvalue weighted by Gasteiger charge is 2.08. The Morgan fingerprint density at radius 2 is 1.76 bits per heavy atom. The zero-order valence-corrected chi connectivity index (χ0v) is 11.5. The molecule has 0 aliphatic carbocycles. The van der Waals surface area contributed by atoms with Crippen LogP contribution in [0.25, 0.3) is 0 Å². The van der Waals surface area contributed by atoms with Crippen molar-refractivity contribution in [1.82, 2.24) is 0 Å². The van der Waals surface area contributed by atoms with Crippen molar-refractivity contribution in [2.24, 2.45) is 0 Å². The first-order valence-electron chi connectivity index (χ1n) is 6.63. The monoisotopic (exact) mass is 291 g/mol. The van der Waals surface area contributed by atoms with Gasteiger partial charge in [0.25, 0.3) is 0 Å². The van der Waals surface area contributed by atoms with Gasteiger partial charge >= 0.3 is 0 Å². The van der Waals surface area contributed by atoms with Crippen LogP contribution < -0.4 is 10.5 Å². The van der Waals surface area contributed by atoms with Crippen molar-refractivity contribution in [2.75, 3.05) is 18.9 Å². The zero-order valence-electron chi connectivity index (χ0n) is 11.5. The van der Waals surface area contributed by atoms with Crippen molar-refractivity contribution in [3.05, 3.63) is 59.9 Å². The third-order valence-corrected chi connectivity index (χ3v) is 2.88. The molecule has 5 heteroatoms. The van der Waals surface area contributed by atoms with Crippen LogP contribution in [0.4, 0.5) is 10.1 Å². The van der Waals surface area contributed by atoms with Gasteiger partial charge in [0.1, 0.15) is 24.3 Å². The van der Waals surface area contributed by atoms with E-state index >= 15 is 0 Å². The summed E-state index contributed by atoms with van der Waals surface area (Å²) in [6.45, 7) is 0.226. The van der Waals surface area contributed by atoms with Crippen molar-refractivity contribution in [2.45, 2.75) is 12.7 Å². The number of nitrogen functional groups attached to an aromatic ring is 1. The van der Waals surface area contributed by atoms with Crippen LogP contribution in [0.15, 0.2) is 48.5 Å². The summed E-state index contributed by atoms with van der Waals surface area (Å²) >= 11 is 0. The molecule has 112 valence electrons. The molecule has 2 aromatic carbocycles. The number of halogens is 1. The maximum Gasteiger partial charge on any atom is 0.142 e. The normalized spacial score (nSPS) is 12.1. The number of ether oxygens (including phenoxy) is 2. The molecule has 0 spiro atoms. The second-order valence-electron chi connectivity index (χ2n) is 4.61. The molecule has 1 unspecified atom stereocenters. The summed E-state index contributed by atoms with van der Waals surface area (Å²) in [5.74, 6) is 0.200. The average molecular weight is 291 g/mol. The van der Waals surface area contributed by atoms with Gasteiger partial charge in [0.05, 0.1) is 18.9 Å². The molecule has 0 bridgehead atoms.